The van der Waals surface area contributed by atoms with Crippen LogP contribution < -0.4 is 10.6 Å². The summed E-state index contributed by atoms with van der Waals surface area (Å²) in [6.45, 7) is 3.30. The molecule has 3 heteroatoms. The predicted molar refractivity (Wildman–Crippen MR) is 59.4 cm³/mol. The van der Waals surface area contributed by atoms with Gasteiger partial charge in [-0.2, -0.15) is 0 Å². The Morgan fingerprint density at radius 1 is 1.43 bits per heavy atom. The largest absolute Gasteiger partial charge is 0.302 e. The SMILES string of the molecule is C[C@H](NC1CCN1)c1ccc(Cl)cc1. The minimum absolute atomic E-state index is 0.380. The van der Waals surface area contributed by atoms with Crippen molar-refractivity contribution in [3.05, 3.63) is 34.9 Å². The molecule has 0 bridgehead atoms. The molecule has 2 N–H and O–H groups in total. The summed E-state index contributed by atoms with van der Waals surface area (Å²) in [5.41, 5.74) is 1.28. The van der Waals surface area contributed by atoms with Crippen LogP contribution in [-0.4, -0.2) is 12.7 Å². The average molecular weight is 211 g/mol. The Balaban J connectivity index is 1.95. The highest BCUT2D eigenvalue weighted by Crippen LogP contribution is 2.17. The molecule has 1 aromatic carbocycles. The van der Waals surface area contributed by atoms with Crippen molar-refractivity contribution >= 4 is 11.6 Å². The van der Waals surface area contributed by atoms with Gasteiger partial charge in [0.05, 0.1) is 6.17 Å². The summed E-state index contributed by atoms with van der Waals surface area (Å²) in [4.78, 5) is 0. The molecule has 0 amide bonds. The number of rotatable bonds is 3. The Hall–Kier alpha value is -0.570. The molecule has 0 aliphatic carbocycles. The maximum Gasteiger partial charge on any atom is 0.0588 e. The summed E-state index contributed by atoms with van der Waals surface area (Å²) in [7, 11) is 0. The first-order valence-electron chi connectivity index (χ1n) is 5.00. The van der Waals surface area contributed by atoms with Crippen LogP contribution in [0.5, 0.6) is 0 Å². The van der Waals surface area contributed by atoms with Crippen LogP contribution in [0.4, 0.5) is 0 Å². The lowest BCUT2D eigenvalue weighted by atomic mass is 10.1. The quantitative estimate of drug-likeness (QED) is 0.800. The zero-order valence-electron chi connectivity index (χ0n) is 8.26. The number of halogens is 1. The van der Waals surface area contributed by atoms with Gasteiger partial charge in [0.1, 0.15) is 0 Å². The number of hydrogen-bond donors (Lipinski definition) is 2. The summed E-state index contributed by atoms with van der Waals surface area (Å²) in [5, 5.41) is 7.61. The van der Waals surface area contributed by atoms with E-state index in [1.54, 1.807) is 0 Å². The van der Waals surface area contributed by atoms with E-state index in [2.05, 4.69) is 29.7 Å². The van der Waals surface area contributed by atoms with Crippen molar-refractivity contribution in [3.8, 4) is 0 Å². The molecule has 2 nitrogen and oxygen atoms in total. The van der Waals surface area contributed by atoms with Gasteiger partial charge in [-0.25, -0.2) is 0 Å². The topological polar surface area (TPSA) is 24.1 Å². The molecule has 2 rings (SSSR count). The number of nitrogens with one attached hydrogen (secondary N) is 2. The van der Waals surface area contributed by atoms with Crippen LogP contribution in [-0.2, 0) is 0 Å². The second-order valence-electron chi connectivity index (χ2n) is 3.74. The first kappa shape index (κ1) is 9.97. The highest BCUT2D eigenvalue weighted by molar-refractivity contribution is 6.30. The van der Waals surface area contributed by atoms with Gasteiger partial charge in [-0.3, -0.25) is 5.32 Å². The third-order valence-electron chi connectivity index (χ3n) is 2.64. The van der Waals surface area contributed by atoms with E-state index >= 15 is 0 Å². The first-order chi connectivity index (χ1) is 6.75. The predicted octanol–water partition coefficient (Wildman–Crippen LogP) is 2.31. The summed E-state index contributed by atoms with van der Waals surface area (Å²) < 4.78 is 0. The van der Waals surface area contributed by atoms with Crippen LogP contribution in [0.3, 0.4) is 0 Å². The fourth-order valence-corrected chi connectivity index (χ4v) is 1.71. The van der Waals surface area contributed by atoms with E-state index in [9.17, 15) is 0 Å². The molecule has 0 aromatic heterocycles. The lowest BCUT2D eigenvalue weighted by Gasteiger charge is -2.31. The van der Waals surface area contributed by atoms with Crippen molar-refractivity contribution in [2.75, 3.05) is 6.54 Å². The van der Waals surface area contributed by atoms with Crippen molar-refractivity contribution in [2.45, 2.75) is 25.6 Å². The molecule has 1 unspecified atom stereocenters. The lowest BCUT2D eigenvalue weighted by Crippen LogP contribution is -2.53. The normalized spacial score (nSPS) is 22.9. The molecule has 0 saturated carbocycles. The van der Waals surface area contributed by atoms with Crippen LogP contribution >= 0.6 is 11.6 Å². The van der Waals surface area contributed by atoms with E-state index in [1.807, 2.05) is 12.1 Å². The van der Waals surface area contributed by atoms with E-state index in [0.29, 0.717) is 12.2 Å². The minimum Gasteiger partial charge on any atom is -0.302 e. The molecule has 1 saturated heterocycles. The van der Waals surface area contributed by atoms with Gasteiger partial charge in [-0.05, 0) is 37.6 Å². The van der Waals surface area contributed by atoms with Gasteiger partial charge in [-0.15, -0.1) is 0 Å². The average Bonchev–Trinajstić information content (AvgIpc) is 2.12. The fraction of sp³-hybridized carbons (Fsp3) is 0.455. The molecule has 1 fully saturated rings. The molecular formula is C11H15ClN2. The summed E-state index contributed by atoms with van der Waals surface area (Å²) in [5.74, 6) is 0. The zero-order chi connectivity index (χ0) is 9.97. The van der Waals surface area contributed by atoms with Crippen molar-refractivity contribution in [2.24, 2.45) is 0 Å². The van der Waals surface area contributed by atoms with Gasteiger partial charge in [0.25, 0.3) is 0 Å². The van der Waals surface area contributed by atoms with Gasteiger partial charge in [0.15, 0.2) is 0 Å². The van der Waals surface area contributed by atoms with Crippen LogP contribution in [0.25, 0.3) is 0 Å². The Kier molecular flexibility index (Phi) is 3.06. The molecule has 1 heterocycles. The summed E-state index contributed by atoms with van der Waals surface area (Å²) in [6.07, 6.45) is 1.71. The second-order valence-corrected chi connectivity index (χ2v) is 4.17. The lowest BCUT2D eigenvalue weighted by molar-refractivity contribution is 0.285. The third-order valence-corrected chi connectivity index (χ3v) is 2.90. The highest BCUT2D eigenvalue weighted by atomic mass is 35.5. The Morgan fingerprint density at radius 3 is 2.57 bits per heavy atom. The molecule has 1 aromatic rings. The van der Waals surface area contributed by atoms with Gasteiger partial charge in [-0.1, -0.05) is 23.7 Å². The van der Waals surface area contributed by atoms with Gasteiger partial charge >= 0.3 is 0 Å². The van der Waals surface area contributed by atoms with Crippen molar-refractivity contribution in [1.29, 1.82) is 0 Å². The van der Waals surface area contributed by atoms with Gasteiger partial charge in [0.2, 0.25) is 0 Å². The molecule has 0 spiro atoms. The Bertz CT molecular complexity index is 293. The Labute approximate surface area is 89.7 Å². The number of benzene rings is 1. The summed E-state index contributed by atoms with van der Waals surface area (Å²) >= 11 is 5.83. The first-order valence-corrected chi connectivity index (χ1v) is 5.38. The van der Waals surface area contributed by atoms with Gasteiger partial charge in [0, 0.05) is 11.1 Å². The molecule has 1 aliphatic rings. The van der Waals surface area contributed by atoms with E-state index in [0.717, 1.165) is 11.6 Å². The number of hydrogen-bond acceptors (Lipinski definition) is 2. The van der Waals surface area contributed by atoms with Crippen molar-refractivity contribution in [1.82, 2.24) is 10.6 Å². The third kappa shape index (κ3) is 2.27. The second kappa shape index (κ2) is 4.30. The van der Waals surface area contributed by atoms with Crippen molar-refractivity contribution < 1.29 is 0 Å². The molecule has 2 atom stereocenters. The van der Waals surface area contributed by atoms with E-state index in [1.165, 1.54) is 12.0 Å². The highest BCUT2D eigenvalue weighted by Gasteiger charge is 2.18. The molecule has 0 radical (unpaired) electrons. The van der Waals surface area contributed by atoms with Gasteiger partial charge < -0.3 is 5.32 Å². The van der Waals surface area contributed by atoms with Crippen LogP contribution in [0.2, 0.25) is 5.02 Å². The van der Waals surface area contributed by atoms with Crippen molar-refractivity contribution in [3.63, 3.8) is 0 Å². The minimum atomic E-state index is 0.380. The molecule has 1 aliphatic heterocycles. The van der Waals surface area contributed by atoms with Crippen LogP contribution in [0, 0.1) is 0 Å². The zero-order valence-corrected chi connectivity index (χ0v) is 9.01. The maximum absolute atomic E-state index is 5.83. The van der Waals surface area contributed by atoms with Crippen LogP contribution in [0.15, 0.2) is 24.3 Å². The monoisotopic (exact) mass is 210 g/mol. The van der Waals surface area contributed by atoms with E-state index in [-0.39, 0.29) is 0 Å². The molecule has 14 heavy (non-hydrogen) atoms. The van der Waals surface area contributed by atoms with Crippen LogP contribution in [0.1, 0.15) is 24.9 Å². The van der Waals surface area contributed by atoms with E-state index in [4.69, 9.17) is 11.6 Å². The Morgan fingerprint density at radius 2 is 2.07 bits per heavy atom. The summed E-state index contributed by atoms with van der Waals surface area (Å²) in [6, 6.07) is 8.38. The fourth-order valence-electron chi connectivity index (χ4n) is 1.58. The van der Waals surface area contributed by atoms with E-state index < -0.39 is 0 Å². The maximum atomic E-state index is 5.83. The standard InChI is InChI=1S/C11H15ClN2/c1-8(14-11-6-7-13-11)9-2-4-10(12)5-3-9/h2-5,8,11,13-14H,6-7H2,1H3/t8-,11?/m0/s1. The smallest absolute Gasteiger partial charge is 0.0588 e. The molecule has 76 valence electrons. The molecular weight excluding hydrogens is 196 g/mol.